The zero-order chi connectivity index (χ0) is 11.0. The van der Waals surface area contributed by atoms with E-state index in [2.05, 4.69) is 25.9 Å². The molecule has 15 heavy (non-hydrogen) atoms. The lowest BCUT2D eigenvalue weighted by Gasteiger charge is -2.24. The Balaban J connectivity index is 2.29. The van der Waals surface area contributed by atoms with Crippen molar-refractivity contribution in [2.45, 2.75) is 12.5 Å². The lowest BCUT2D eigenvalue weighted by atomic mass is 10.1. The molecule has 7 heteroatoms. The van der Waals surface area contributed by atoms with Gasteiger partial charge < -0.3 is 5.73 Å². The number of thiazole rings is 1. The van der Waals surface area contributed by atoms with Gasteiger partial charge in [0.1, 0.15) is 0 Å². The summed E-state index contributed by atoms with van der Waals surface area (Å²) in [4.78, 5) is 22.2. The molecule has 0 saturated heterocycles. The van der Waals surface area contributed by atoms with E-state index >= 15 is 0 Å². The van der Waals surface area contributed by atoms with Gasteiger partial charge in [-0.15, -0.1) is 11.3 Å². The van der Waals surface area contributed by atoms with Crippen LogP contribution in [0.4, 0.5) is 0 Å². The second kappa shape index (κ2) is 3.90. The molecule has 1 aliphatic rings. The van der Waals surface area contributed by atoms with Gasteiger partial charge in [-0.05, 0) is 15.9 Å². The van der Waals surface area contributed by atoms with Gasteiger partial charge in [-0.2, -0.15) is 0 Å². The smallest absolute Gasteiger partial charge is 0.231 e. The first-order valence-corrected chi connectivity index (χ1v) is 5.90. The predicted molar refractivity (Wildman–Crippen MR) is 61.6 cm³/mol. The Hall–Kier alpha value is -0.950. The maximum atomic E-state index is 11.5. The molecule has 5 nitrogen and oxygen atoms in total. The van der Waals surface area contributed by atoms with Gasteiger partial charge in [-0.1, -0.05) is 0 Å². The molecule has 2 rings (SSSR count). The summed E-state index contributed by atoms with van der Waals surface area (Å²) in [7, 11) is 1.62. The molecule has 0 aliphatic carbocycles. The fourth-order valence-electron chi connectivity index (χ4n) is 1.30. The number of nitrogens with two attached hydrogens (primary N) is 1. The Labute approximate surface area is 99.1 Å². The van der Waals surface area contributed by atoms with E-state index in [0.717, 1.165) is 8.79 Å². The number of halogens is 1. The van der Waals surface area contributed by atoms with Crippen molar-refractivity contribution in [1.82, 2.24) is 9.88 Å². The molecule has 0 aromatic carbocycles. The zero-order valence-corrected chi connectivity index (χ0v) is 10.4. The van der Waals surface area contributed by atoms with Crippen LogP contribution in [0, 0.1) is 0 Å². The maximum absolute atomic E-state index is 11.5. The molecule has 0 bridgehead atoms. The molecule has 2 heterocycles. The van der Waals surface area contributed by atoms with Crippen LogP contribution in [0.1, 0.15) is 17.3 Å². The van der Waals surface area contributed by atoms with Crippen molar-refractivity contribution in [1.29, 1.82) is 0 Å². The summed E-state index contributed by atoms with van der Waals surface area (Å²) in [6, 6.07) is -0.183. The van der Waals surface area contributed by atoms with Gasteiger partial charge in [0.25, 0.3) is 0 Å². The third-order valence-corrected chi connectivity index (χ3v) is 3.78. The highest BCUT2D eigenvalue weighted by atomic mass is 79.9. The van der Waals surface area contributed by atoms with Crippen LogP contribution >= 0.6 is 27.3 Å². The third-order valence-electron chi connectivity index (χ3n) is 2.20. The van der Waals surface area contributed by atoms with Crippen LogP contribution in [0.2, 0.25) is 0 Å². The summed E-state index contributed by atoms with van der Waals surface area (Å²) < 4.78 is 0.789. The summed E-state index contributed by atoms with van der Waals surface area (Å²) in [5, 5.41) is 0. The zero-order valence-electron chi connectivity index (χ0n) is 7.98. The first kappa shape index (κ1) is 10.6. The molecule has 80 valence electrons. The molecule has 1 unspecified atom stereocenters. The predicted octanol–water partition coefficient (Wildman–Crippen LogP) is 1.12. The van der Waals surface area contributed by atoms with Crippen molar-refractivity contribution in [2.75, 3.05) is 7.05 Å². The van der Waals surface area contributed by atoms with Crippen LogP contribution in [0.3, 0.4) is 0 Å². The largest absolute Gasteiger partial charge is 0.369 e. The number of carbonyl (C=O) groups excluding carboxylic acids is 1. The van der Waals surface area contributed by atoms with Gasteiger partial charge in [-0.25, -0.2) is 9.98 Å². The molecule has 0 radical (unpaired) electrons. The second-order valence-electron chi connectivity index (χ2n) is 3.18. The summed E-state index contributed by atoms with van der Waals surface area (Å²) in [5.41, 5.74) is 5.63. The molecule has 0 saturated carbocycles. The standard InChI is InChI=1S/C8H9BrN4OS/c1-13-6(14)2-4(12-8(13)10)5-3-11-7(9)15-5/h3-4H,2H2,1H3,(H2,10,12). The monoisotopic (exact) mass is 288 g/mol. The fraction of sp³-hybridized carbons (Fsp3) is 0.375. The van der Waals surface area contributed by atoms with E-state index in [-0.39, 0.29) is 17.9 Å². The summed E-state index contributed by atoms with van der Waals surface area (Å²) in [6.07, 6.45) is 2.07. The number of amides is 1. The molecule has 1 atom stereocenters. The fourth-order valence-corrected chi connectivity index (χ4v) is 2.65. The van der Waals surface area contributed by atoms with E-state index in [0.29, 0.717) is 6.42 Å². The van der Waals surface area contributed by atoms with Gasteiger partial charge in [0.05, 0.1) is 17.3 Å². The lowest BCUT2D eigenvalue weighted by Crippen LogP contribution is -2.42. The number of hydrogen-bond acceptors (Lipinski definition) is 5. The number of carbonyl (C=O) groups is 1. The lowest BCUT2D eigenvalue weighted by molar-refractivity contribution is -0.127. The normalized spacial score (nSPS) is 21.7. The minimum absolute atomic E-state index is 0.0166. The molecule has 1 amide bonds. The topological polar surface area (TPSA) is 71.6 Å². The highest BCUT2D eigenvalue weighted by Crippen LogP contribution is 2.31. The van der Waals surface area contributed by atoms with E-state index < -0.39 is 0 Å². The van der Waals surface area contributed by atoms with Crippen molar-refractivity contribution in [3.8, 4) is 0 Å². The Bertz CT molecular complexity index is 430. The third kappa shape index (κ3) is 2.03. The second-order valence-corrected chi connectivity index (χ2v) is 5.51. The van der Waals surface area contributed by atoms with Gasteiger partial charge in [-0.3, -0.25) is 9.69 Å². The first-order valence-electron chi connectivity index (χ1n) is 4.29. The van der Waals surface area contributed by atoms with Gasteiger partial charge in [0.15, 0.2) is 9.88 Å². The Morgan fingerprint density at radius 3 is 3.00 bits per heavy atom. The number of nitrogens with zero attached hydrogens (tertiary/aromatic N) is 3. The molecule has 0 spiro atoms. The number of aliphatic imine (C=N–C) groups is 1. The van der Waals surface area contributed by atoms with Crippen molar-refractivity contribution < 1.29 is 4.79 Å². The molecule has 1 aliphatic heterocycles. The number of hydrogen-bond donors (Lipinski definition) is 1. The van der Waals surface area contributed by atoms with Crippen LogP contribution in [0.5, 0.6) is 0 Å². The summed E-state index contributed by atoms with van der Waals surface area (Å²) in [6.45, 7) is 0. The van der Waals surface area contributed by atoms with E-state index in [9.17, 15) is 4.79 Å². The Morgan fingerprint density at radius 1 is 1.73 bits per heavy atom. The molecule has 2 N–H and O–H groups in total. The molecule has 1 aromatic heterocycles. The van der Waals surface area contributed by atoms with E-state index in [1.165, 1.54) is 16.2 Å². The van der Waals surface area contributed by atoms with Crippen LogP contribution in [0.25, 0.3) is 0 Å². The summed E-state index contributed by atoms with van der Waals surface area (Å²) in [5.74, 6) is 0.248. The van der Waals surface area contributed by atoms with Crippen LogP contribution < -0.4 is 5.73 Å². The van der Waals surface area contributed by atoms with Crippen LogP contribution in [-0.4, -0.2) is 28.8 Å². The highest BCUT2D eigenvalue weighted by Gasteiger charge is 2.26. The van der Waals surface area contributed by atoms with Crippen molar-refractivity contribution >= 4 is 39.1 Å². The summed E-state index contributed by atoms with van der Waals surface area (Å²) >= 11 is 4.74. The number of rotatable bonds is 1. The van der Waals surface area contributed by atoms with E-state index in [1.807, 2.05) is 0 Å². The Morgan fingerprint density at radius 2 is 2.47 bits per heavy atom. The molecule has 0 fully saturated rings. The minimum Gasteiger partial charge on any atom is -0.369 e. The average Bonchev–Trinajstić information content (AvgIpc) is 2.60. The molecule has 1 aromatic rings. The number of guanidine groups is 1. The molecular formula is C8H9BrN4OS. The van der Waals surface area contributed by atoms with Crippen molar-refractivity contribution in [3.05, 3.63) is 15.0 Å². The maximum Gasteiger partial charge on any atom is 0.231 e. The van der Waals surface area contributed by atoms with Crippen molar-refractivity contribution in [2.24, 2.45) is 10.7 Å². The van der Waals surface area contributed by atoms with E-state index in [4.69, 9.17) is 5.73 Å². The van der Waals surface area contributed by atoms with Crippen molar-refractivity contribution in [3.63, 3.8) is 0 Å². The van der Waals surface area contributed by atoms with Crippen LogP contribution in [-0.2, 0) is 4.79 Å². The first-order chi connectivity index (χ1) is 7.08. The Kier molecular flexibility index (Phi) is 2.74. The SMILES string of the molecule is CN1C(=O)CC(c2cnc(Br)s2)N=C1N. The number of aromatic nitrogens is 1. The average molecular weight is 289 g/mol. The quantitative estimate of drug-likeness (QED) is 0.842. The van der Waals surface area contributed by atoms with Gasteiger partial charge in [0.2, 0.25) is 5.91 Å². The van der Waals surface area contributed by atoms with Gasteiger partial charge >= 0.3 is 0 Å². The van der Waals surface area contributed by atoms with Crippen LogP contribution in [0.15, 0.2) is 15.1 Å². The highest BCUT2D eigenvalue weighted by molar-refractivity contribution is 9.11. The van der Waals surface area contributed by atoms with Gasteiger partial charge in [0, 0.05) is 13.2 Å². The minimum atomic E-state index is -0.183. The molecular weight excluding hydrogens is 280 g/mol. The van der Waals surface area contributed by atoms with E-state index in [1.54, 1.807) is 13.2 Å².